The molecule has 2 atom stereocenters. The van der Waals surface area contributed by atoms with E-state index < -0.39 is 22.2 Å². The SMILES string of the molecule is CS(=O)(=O)Nc1ccccc1N1CCN(C(=O)[C@@H](Cc2ccc(Cl)cc2)NC(=O)OC[C@H]2CCCN2)CC1. The van der Waals surface area contributed by atoms with Crippen molar-refractivity contribution in [3.63, 3.8) is 0 Å². The van der Waals surface area contributed by atoms with Crippen LogP contribution in [-0.4, -0.2) is 83.0 Å². The monoisotopic (exact) mass is 563 g/mol. The van der Waals surface area contributed by atoms with Crippen LogP contribution in [0, 0.1) is 0 Å². The molecule has 2 fully saturated rings. The molecule has 2 amide bonds. The molecular weight excluding hydrogens is 530 g/mol. The van der Waals surface area contributed by atoms with E-state index >= 15 is 0 Å². The van der Waals surface area contributed by atoms with E-state index in [0.717, 1.165) is 36.9 Å². The first-order chi connectivity index (χ1) is 18.2. The van der Waals surface area contributed by atoms with E-state index in [-0.39, 0.29) is 18.6 Å². The highest BCUT2D eigenvalue weighted by atomic mass is 35.5. The van der Waals surface area contributed by atoms with Crippen molar-refractivity contribution in [3.05, 3.63) is 59.1 Å². The number of hydrogen-bond donors (Lipinski definition) is 3. The van der Waals surface area contributed by atoms with E-state index in [9.17, 15) is 18.0 Å². The van der Waals surface area contributed by atoms with E-state index in [0.29, 0.717) is 43.3 Å². The Morgan fingerprint density at radius 3 is 2.47 bits per heavy atom. The lowest BCUT2D eigenvalue weighted by Crippen LogP contribution is -2.56. The van der Waals surface area contributed by atoms with Crippen LogP contribution in [0.2, 0.25) is 5.02 Å². The number of benzene rings is 2. The van der Waals surface area contributed by atoms with Gasteiger partial charge in [-0.25, -0.2) is 13.2 Å². The standard InChI is InChI=1S/C26H34ClN5O5S/c1-38(35,36)30-22-6-2-3-7-24(22)31-13-15-32(16-14-31)25(33)23(17-19-8-10-20(27)11-9-19)29-26(34)37-18-21-5-4-12-28-21/h2-3,6-11,21,23,28,30H,4-5,12-18H2,1H3,(H,29,34)/t21-,23-/m1/s1. The largest absolute Gasteiger partial charge is 0.448 e. The molecule has 0 saturated carbocycles. The van der Waals surface area contributed by atoms with Crippen molar-refractivity contribution in [2.75, 3.05) is 55.2 Å². The number of anilines is 2. The minimum absolute atomic E-state index is 0.138. The molecule has 2 aliphatic rings. The molecule has 2 aromatic rings. The fraction of sp³-hybridized carbons (Fsp3) is 0.462. The van der Waals surface area contributed by atoms with Crippen molar-refractivity contribution >= 4 is 45.0 Å². The van der Waals surface area contributed by atoms with Gasteiger partial charge < -0.3 is 25.2 Å². The molecule has 0 unspecified atom stereocenters. The molecule has 0 aliphatic carbocycles. The average Bonchev–Trinajstić information content (AvgIpc) is 3.41. The summed E-state index contributed by atoms with van der Waals surface area (Å²) in [5.74, 6) is -0.196. The molecule has 4 rings (SSSR count). The zero-order valence-corrected chi connectivity index (χ0v) is 22.9. The molecular formula is C26H34ClN5O5S. The number of alkyl carbamates (subject to hydrolysis) is 1. The van der Waals surface area contributed by atoms with Gasteiger partial charge in [0.05, 0.1) is 17.6 Å². The molecule has 10 nitrogen and oxygen atoms in total. The van der Waals surface area contributed by atoms with Crippen LogP contribution in [0.3, 0.4) is 0 Å². The number of ether oxygens (including phenoxy) is 1. The van der Waals surface area contributed by atoms with Crippen molar-refractivity contribution in [3.8, 4) is 0 Å². The number of carbonyl (C=O) groups is 2. The average molecular weight is 564 g/mol. The van der Waals surface area contributed by atoms with Crippen LogP contribution in [0.1, 0.15) is 18.4 Å². The molecule has 12 heteroatoms. The maximum atomic E-state index is 13.6. The van der Waals surface area contributed by atoms with E-state index in [2.05, 4.69) is 15.4 Å². The van der Waals surface area contributed by atoms with Crippen molar-refractivity contribution < 1.29 is 22.7 Å². The number of carbonyl (C=O) groups excluding carboxylic acids is 2. The lowest BCUT2D eigenvalue weighted by atomic mass is 10.0. The zero-order chi connectivity index (χ0) is 27.1. The first-order valence-corrected chi connectivity index (χ1v) is 15.0. The highest BCUT2D eigenvalue weighted by molar-refractivity contribution is 7.92. The summed E-state index contributed by atoms with van der Waals surface area (Å²) in [5.41, 5.74) is 2.12. The van der Waals surface area contributed by atoms with E-state index in [1.54, 1.807) is 29.2 Å². The molecule has 38 heavy (non-hydrogen) atoms. The second kappa shape index (κ2) is 12.7. The molecule has 0 bridgehead atoms. The maximum absolute atomic E-state index is 13.6. The van der Waals surface area contributed by atoms with Gasteiger partial charge in [0.2, 0.25) is 15.9 Å². The van der Waals surface area contributed by atoms with Crippen LogP contribution >= 0.6 is 11.6 Å². The summed E-state index contributed by atoms with van der Waals surface area (Å²) in [7, 11) is -3.43. The quantitative estimate of drug-likeness (QED) is 0.428. The Morgan fingerprint density at radius 2 is 1.82 bits per heavy atom. The number of amides is 2. The number of piperazine rings is 1. The molecule has 0 radical (unpaired) electrons. The number of nitrogens with zero attached hydrogens (tertiary/aromatic N) is 2. The highest BCUT2D eigenvalue weighted by Gasteiger charge is 2.30. The van der Waals surface area contributed by atoms with Crippen molar-refractivity contribution in [1.29, 1.82) is 0 Å². The van der Waals surface area contributed by atoms with Crippen LogP contribution in [0.15, 0.2) is 48.5 Å². The second-order valence-electron chi connectivity index (χ2n) is 9.62. The highest BCUT2D eigenvalue weighted by Crippen LogP contribution is 2.27. The smallest absolute Gasteiger partial charge is 0.407 e. The third-order valence-corrected chi connectivity index (χ3v) is 7.50. The van der Waals surface area contributed by atoms with Crippen LogP contribution in [-0.2, 0) is 26.0 Å². The molecule has 2 aromatic carbocycles. The van der Waals surface area contributed by atoms with E-state index in [4.69, 9.17) is 16.3 Å². The van der Waals surface area contributed by atoms with Gasteiger partial charge in [-0.3, -0.25) is 9.52 Å². The Bertz CT molecular complexity index is 1210. The van der Waals surface area contributed by atoms with Gasteiger partial charge in [0.15, 0.2) is 0 Å². The molecule has 3 N–H and O–H groups in total. The second-order valence-corrected chi connectivity index (χ2v) is 11.8. The number of hydrogen-bond acceptors (Lipinski definition) is 7. The Morgan fingerprint density at radius 1 is 1.11 bits per heavy atom. The van der Waals surface area contributed by atoms with Crippen LogP contribution < -0.4 is 20.3 Å². The van der Waals surface area contributed by atoms with Gasteiger partial charge in [-0.15, -0.1) is 0 Å². The number of rotatable bonds is 9. The lowest BCUT2D eigenvalue weighted by Gasteiger charge is -2.38. The topological polar surface area (TPSA) is 120 Å². The molecule has 0 spiro atoms. The third-order valence-electron chi connectivity index (χ3n) is 6.65. The Balaban J connectivity index is 1.40. The molecule has 2 saturated heterocycles. The maximum Gasteiger partial charge on any atom is 0.407 e. The predicted octanol–water partition coefficient (Wildman–Crippen LogP) is 2.45. The fourth-order valence-electron chi connectivity index (χ4n) is 4.74. The zero-order valence-electron chi connectivity index (χ0n) is 21.4. The predicted molar refractivity (Wildman–Crippen MR) is 148 cm³/mol. The molecule has 2 heterocycles. The molecule has 0 aromatic heterocycles. The van der Waals surface area contributed by atoms with Gasteiger partial charge >= 0.3 is 6.09 Å². The van der Waals surface area contributed by atoms with Gasteiger partial charge in [-0.2, -0.15) is 0 Å². The van der Waals surface area contributed by atoms with Crippen molar-refractivity contribution in [2.45, 2.75) is 31.3 Å². The molecule has 206 valence electrons. The lowest BCUT2D eigenvalue weighted by molar-refractivity contribution is -0.133. The van der Waals surface area contributed by atoms with Gasteiger partial charge in [0.1, 0.15) is 12.6 Å². The normalized spacial score (nSPS) is 18.6. The summed E-state index contributed by atoms with van der Waals surface area (Å²) in [4.78, 5) is 30.0. The minimum atomic E-state index is -3.43. The van der Waals surface area contributed by atoms with Crippen LogP contribution in [0.4, 0.5) is 16.2 Å². The third kappa shape index (κ3) is 7.99. The minimum Gasteiger partial charge on any atom is -0.448 e. The Kier molecular flexibility index (Phi) is 9.35. The number of nitrogens with one attached hydrogen (secondary N) is 3. The number of halogens is 1. The number of sulfonamides is 1. The Labute approximate surface area is 228 Å². The summed E-state index contributed by atoms with van der Waals surface area (Å²) in [6.07, 6.45) is 2.80. The van der Waals surface area contributed by atoms with Crippen molar-refractivity contribution in [2.24, 2.45) is 0 Å². The first kappa shape index (κ1) is 28.0. The van der Waals surface area contributed by atoms with Crippen molar-refractivity contribution in [1.82, 2.24) is 15.5 Å². The first-order valence-electron chi connectivity index (χ1n) is 12.7. The summed E-state index contributed by atoms with van der Waals surface area (Å²) in [6.45, 7) is 3.04. The summed E-state index contributed by atoms with van der Waals surface area (Å²) in [5, 5.41) is 6.65. The summed E-state index contributed by atoms with van der Waals surface area (Å²) in [6, 6.07) is 13.7. The van der Waals surface area contributed by atoms with Crippen LogP contribution in [0.25, 0.3) is 0 Å². The van der Waals surface area contributed by atoms with Crippen LogP contribution in [0.5, 0.6) is 0 Å². The van der Waals surface area contributed by atoms with E-state index in [1.807, 2.05) is 29.2 Å². The fourth-order valence-corrected chi connectivity index (χ4v) is 5.44. The molecule has 2 aliphatic heterocycles. The summed E-state index contributed by atoms with van der Waals surface area (Å²) >= 11 is 6.02. The van der Waals surface area contributed by atoms with Gasteiger partial charge in [0, 0.05) is 43.7 Å². The van der Waals surface area contributed by atoms with Gasteiger partial charge in [-0.05, 0) is 49.2 Å². The van der Waals surface area contributed by atoms with E-state index in [1.165, 1.54) is 0 Å². The van der Waals surface area contributed by atoms with Gasteiger partial charge in [-0.1, -0.05) is 35.9 Å². The van der Waals surface area contributed by atoms with Gasteiger partial charge in [0.25, 0.3) is 0 Å². The number of para-hydroxylation sites is 2. The Hall–Kier alpha value is -3.02. The summed E-state index contributed by atoms with van der Waals surface area (Å²) < 4.78 is 31.6.